The minimum atomic E-state index is -0.255. The molecule has 0 N–H and O–H groups in total. The molecule has 10 aliphatic carbocycles. The van der Waals surface area contributed by atoms with Crippen LogP contribution >= 0.6 is 0 Å². The van der Waals surface area contributed by atoms with Crippen LogP contribution in [0.3, 0.4) is 0 Å². The van der Waals surface area contributed by atoms with E-state index in [-0.39, 0.29) is 23.1 Å². The van der Waals surface area contributed by atoms with E-state index < -0.39 is 0 Å². The number of carbonyl (C=O) groups excluding carboxylic acids is 2. The van der Waals surface area contributed by atoms with Crippen molar-refractivity contribution in [2.24, 2.45) is 70.5 Å². The third-order valence-corrected chi connectivity index (χ3v) is 15.9. The van der Waals surface area contributed by atoms with E-state index in [1.807, 2.05) is 6.92 Å². The fourth-order valence-electron chi connectivity index (χ4n) is 14.8. The van der Waals surface area contributed by atoms with Gasteiger partial charge in [0.05, 0.1) is 0 Å². The van der Waals surface area contributed by atoms with Gasteiger partial charge in [-0.15, -0.1) is 0 Å². The first kappa shape index (κ1) is 30.7. The molecular formula is C41H60O4. The van der Waals surface area contributed by atoms with Crippen LogP contribution < -0.4 is 0 Å². The summed E-state index contributed by atoms with van der Waals surface area (Å²) in [5.74, 6) is 7.05. The minimum absolute atomic E-state index is 0.135. The fraction of sp³-hybridized carbons (Fsp3) is 0.854. The maximum Gasteiger partial charge on any atom is 0.333 e. The van der Waals surface area contributed by atoms with Crippen molar-refractivity contribution in [2.75, 3.05) is 0 Å². The van der Waals surface area contributed by atoms with Crippen LogP contribution in [0.1, 0.15) is 136 Å². The van der Waals surface area contributed by atoms with Crippen LogP contribution in [0.5, 0.6) is 0 Å². The Hall–Kier alpha value is -1.58. The molecule has 10 fully saturated rings. The zero-order valence-electron chi connectivity index (χ0n) is 28.4. The molecule has 4 nitrogen and oxygen atoms in total. The molecule has 45 heavy (non-hydrogen) atoms. The number of carbonyl (C=O) groups is 2. The first-order valence-corrected chi connectivity index (χ1v) is 19.4. The highest BCUT2D eigenvalue weighted by molar-refractivity contribution is 5.87. The average molecular weight is 617 g/mol. The molecule has 0 amide bonds. The third-order valence-electron chi connectivity index (χ3n) is 15.9. The molecule has 10 aliphatic rings. The Morgan fingerprint density at radius 1 is 0.667 bits per heavy atom. The van der Waals surface area contributed by atoms with Gasteiger partial charge in [-0.1, -0.05) is 45.8 Å². The molecule has 0 heterocycles. The minimum Gasteiger partial charge on any atom is -0.455 e. The molecule has 0 aromatic rings. The lowest BCUT2D eigenvalue weighted by Gasteiger charge is -2.67. The Bertz CT molecular complexity index is 1150. The number of ether oxygens (including phenoxy) is 2. The lowest BCUT2D eigenvalue weighted by atomic mass is 9.40. The molecule has 0 spiro atoms. The SMILES string of the molecule is C=CC(=O)OC1(C2CCC(CC34CC5CC(C3)C(OC(=O)C(=C)C)(C3CCC(C)CC3)C(C5)C4)CC2)C2CC3CC(C2)CC1C3. The van der Waals surface area contributed by atoms with Crippen LogP contribution in [0.25, 0.3) is 0 Å². The van der Waals surface area contributed by atoms with Crippen LogP contribution in [0.2, 0.25) is 0 Å². The normalized spacial score (nSPS) is 51.1. The first-order chi connectivity index (χ1) is 21.6. The van der Waals surface area contributed by atoms with Crippen molar-refractivity contribution in [3.8, 4) is 0 Å². The van der Waals surface area contributed by atoms with Gasteiger partial charge in [0.15, 0.2) is 0 Å². The van der Waals surface area contributed by atoms with Gasteiger partial charge in [0.25, 0.3) is 0 Å². The van der Waals surface area contributed by atoms with E-state index in [0.29, 0.717) is 46.5 Å². The standard InChI is InChI=1S/C41H60O4/c1-5-37(42)44-40(33-15-28-14-29(17-33)18-34(40)16-28)32-12-8-27(9-13-32)21-39-22-30-19-35(23-39)41(36(20-30)24-39,45-38(43)25(2)3)31-10-6-26(4)7-11-31/h5,26-36H,1-2,6-24H2,3-4H3. The summed E-state index contributed by atoms with van der Waals surface area (Å²) in [7, 11) is 0. The molecule has 2 unspecified atom stereocenters. The Kier molecular flexibility index (Phi) is 7.69. The van der Waals surface area contributed by atoms with Crippen molar-refractivity contribution in [3.63, 3.8) is 0 Å². The fourth-order valence-corrected chi connectivity index (χ4v) is 14.8. The Morgan fingerprint density at radius 2 is 1.18 bits per heavy atom. The van der Waals surface area contributed by atoms with Gasteiger partial charge in [0.2, 0.25) is 0 Å². The average Bonchev–Trinajstić information content (AvgIpc) is 3.00. The third kappa shape index (κ3) is 4.94. The molecule has 4 heteroatoms. The molecule has 10 rings (SSSR count). The number of hydrogen-bond acceptors (Lipinski definition) is 4. The summed E-state index contributed by atoms with van der Waals surface area (Å²) in [5, 5.41) is 0. The largest absolute Gasteiger partial charge is 0.455 e. The molecule has 2 atom stereocenters. The van der Waals surface area contributed by atoms with E-state index in [9.17, 15) is 9.59 Å². The molecule has 0 aromatic heterocycles. The van der Waals surface area contributed by atoms with E-state index in [0.717, 1.165) is 29.6 Å². The Balaban J connectivity index is 0.986. The highest BCUT2D eigenvalue weighted by atomic mass is 16.6. The number of esters is 2. The van der Waals surface area contributed by atoms with Crippen LogP contribution in [0.4, 0.5) is 0 Å². The van der Waals surface area contributed by atoms with E-state index in [2.05, 4.69) is 20.1 Å². The summed E-state index contributed by atoms with van der Waals surface area (Å²) < 4.78 is 13.4. The summed E-state index contributed by atoms with van der Waals surface area (Å²) in [4.78, 5) is 26.1. The molecule has 0 aromatic carbocycles. The zero-order valence-corrected chi connectivity index (χ0v) is 28.4. The van der Waals surface area contributed by atoms with E-state index in [1.165, 1.54) is 128 Å². The van der Waals surface area contributed by atoms with E-state index >= 15 is 0 Å². The quantitative estimate of drug-likeness (QED) is 0.201. The molecule has 8 bridgehead atoms. The molecule has 0 radical (unpaired) electrons. The Labute approximate surface area is 272 Å². The van der Waals surface area contributed by atoms with Gasteiger partial charge in [-0.3, -0.25) is 0 Å². The second kappa shape index (κ2) is 11.3. The first-order valence-electron chi connectivity index (χ1n) is 19.4. The summed E-state index contributed by atoms with van der Waals surface area (Å²) in [5.41, 5.74) is 0.517. The second-order valence-corrected chi connectivity index (χ2v) is 18.5. The number of hydrogen-bond donors (Lipinski definition) is 0. The predicted octanol–water partition coefficient (Wildman–Crippen LogP) is 9.62. The van der Waals surface area contributed by atoms with Gasteiger partial charge >= 0.3 is 11.9 Å². The summed E-state index contributed by atoms with van der Waals surface area (Å²) in [6.07, 6.45) is 25.8. The molecular weight excluding hydrogens is 556 g/mol. The maximum absolute atomic E-state index is 13.3. The molecule has 10 saturated carbocycles. The maximum atomic E-state index is 13.3. The van der Waals surface area contributed by atoms with E-state index in [4.69, 9.17) is 9.47 Å². The van der Waals surface area contributed by atoms with Crippen LogP contribution in [-0.4, -0.2) is 23.1 Å². The lowest BCUT2D eigenvalue weighted by molar-refractivity contribution is -0.249. The molecule has 0 saturated heterocycles. The van der Waals surface area contributed by atoms with Crippen molar-refractivity contribution < 1.29 is 19.1 Å². The van der Waals surface area contributed by atoms with Gasteiger partial charge in [-0.05, 0) is 162 Å². The van der Waals surface area contributed by atoms with Gasteiger partial charge in [0.1, 0.15) is 11.2 Å². The van der Waals surface area contributed by atoms with Crippen molar-refractivity contribution in [1.82, 2.24) is 0 Å². The lowest BCUT2D eigenvalue weighted by Crippen LogP contribution is -2.66. The second-order valence-electron chi connectivity index (χ2n) is 18.5. The van der Waals surface area contributed by atoms with Gasteiger partial charge < -0.3 is 9.47 Å². The highest BCUT2D eigenvalue weighted by Gasteiger charge is 2.67. The molecule has 248 valence electrons. The summed E-state index contributed by atoms with van der Waals surface area (Å²) >= 11 is 0. The van der Waals surface area contributed by atoms with Gasteiger partial charge in [0, 0.05) is 23.5 Å². The van der Waals surface area contributed by atoms with Crippen LogP contribution in [-0.2, 0) is 19.1 Å². The van der Waals surface area contributed by atoms with Crippen molar-refractivity contribution in [1.29, 1.82) is 0 Å². The van der Waals surface area contributed by atoms with Crippen molar-refractivity contribution >= 4 is 11.9 Å². The summed E-state index contributed by atoms with van der Waals surface area (Å²) in [6.45, 7) is 12.0. The van der Waals surface area contributed by atoms with Crippen molar-refractivity contribution in [3.05, 3.63) is 24.8 Å². The number of rotatable bonds is 8. The monoisotopic (exact) mass is 616 g/mol. The Morgan fingerprint density at radius 3 is 1.71 bits per heavy atom. The smallest absolute Gasteiger partial charge is 0.333 e. The van der Waals surface area contributed by atoms with E-state index in [1.54, 1.807) is 0 Å². The summed E-state index contributed by atoms with van der Waals surface area (Å²) in [6, 6.07) is 0. The van der Waals surface area contributed by atoms with Gasteiger partial charge in [-0.25, -0.2) is 9.59 Å². The highest BCUT2D eigenvalue weighted by Crippen LogP contribution is 2.70. The van der Waals surface area contributed by atoms with Crippen LogP contribution in [0.15, 0.2) is 24.8 Å². The van der Waals surface area contributed by atoms with Crippen LogP contribution in [0, 0.1) is 70.5 Å². The topological polar surface area (TPSA) is 52.6 Å². The van der Waals surface area contributed by atoms with Gasteiger partial charge in [-0.2, -0.15) is 0 Å². The van der Waals surface area contributed by atoms with Crippen molar-refractivity contribution in [2.45, 2.75) is 147 Å². The zero-order chi connectivity index (χ0) is 31.1. The predicted molar refractivity (Wildman–Crippen MR) is 177 cm³/mol. The molecule has 0 aliphatic heterocycles.